The highest BCUT2D eigenvalue weighted by atomic mass is 16.2. The van der Waals surface area contributed by atoms with Crippen LogP contribution in [0.25, 0.3) is 0 Å². The van der Waals surface area contributed by atoms with Gasteiger partial charge in [0.15, 0.2) is 0 Å². The Hall–Kier alpha value is -0.530. The van der Waals surface area contributed by atoms with E-state index in [0.717, 1.165) is 19.5 Å². The summed E-state index contributed by atoms with van der Waals surface area (Å²) in [5.41, 5.74) is 0.295. The minimum absolute atomic E-state index is 0.295. The average molecular weight is 195 g/mol. The van der Waals surface area contributed by atoms with E-state index < -0.39 is 0 Å². The Morgan fingerprint density at radius 1 is 1.14 bits per heavy atom. The van der Waals surface area contributed by atoms with Crippen molar-refractivity contribution < 1.29 is 4.79 Å². The van der Waals surface area contributed by atoms with Crippen molar-refractivity contribution in [1.29, 1.82) is 0 Å². The first-order valence-corrected chi connectivity index (χ1v) is 5.90. The van der Waals surface area contributed by atoms with E-state index in [9.17, 15) is 4.79 Å². The van der Waals surface area contributed by atoms with Crippen molar-refractivity contribution in [2.75, 3.05) is 13.1 Å². The molecule has 1 atom stereocenters. The Bertz CT molecular complexity index is 226. The van der Waals surface area contributed by atoms with Crippen LogP contribution in [0.15, 0.2) is 0 Å². The molecule has 0 N–H and O–H groups in total. The van der Waals surface area contributed by atoms with Gasteiger partial charge in [0, 0.05) is 19.0 Å². The SMILES string of the molecule is CC1(C)CC1C(=O)N1CCCCCC1. The lowest BCUT2D eigenvalue weighted by atomic mass is 10.1. The van der Waals surface area contributed by atoms with Gasteiger partial charge in [-0.2, -0.15) is 0 Å². The van der Waals surface area contributed by atoms with Crippen LogP contribution in [0, 0.1) is 11.3 Å². The molecule has 0 aromatic carbocycles. The van der Waals surface area contributed by atoms with Crippen molar-refractivity contribution in [2.24, 2.45) is 11.3 Å². The van der Waals surface area contributed by atoms with Crippen LogP contribution in [-0.2, 0) is 4.79 Å². The molecule has 2 nitrogen and oxygen atoms in total. The Labute approximate surface area is 86.7 Å². The lowest BCUT2D eigenvalue weighted by Crippen LogP contribution is -2.34. The highest BCUT2D eigenvalue weighted by molar-refractivity contribution is 5.82. The molecule has 1 amide bonds. The summed E-state index contributed by atoms with van der Waals surface area (Å²) in [4.78, 5) is 14.2. The summed E-state index contributed by atoms with van der Waals surface area (Å²) in [7, 11) is 0. The van der Waals surface area contributed by atoms with E-state index in [0.29, 0.717) is 17.2 Å². The third kappa shape index (κ3) is 1.94. The summed E-state index contributed by atoms with van der Waals surface area (Å²) >= 11 is 0. The zero-order chi connectivity index (χ0) is 10.2. The maximum absolute atomic E-state index is 12.1. The Morgan fingerprint density at radius 2 is 1.64 bits per heavy atom. The smallest absolute Gasteiger partial charge is 0.226 e. The second-order valence-corrected chi connectivity index (χ2v) is 5.48. The number of amides is 1. The minimum atomic E-state index is 0.295. The normalized spacial score (nSPS) is 31.0. The zero-order valence-electron chi connectivity index (χ0n) is 9.38. The third-order valence-corrected chi connectivity index (χ3v) is 3.73. The monoisotopic (exact) mass is 195 g/mol. The molecule has 2 aliphatic rings. The van der Waals surface area contributed by atoms with Gasteiger partial charge >= 0.3 is 0 Å². The van der Waals surface area contributed by atoms with Crippen LogP contribution in [0.3, 0.4) is 0 Å². The van der Waals surface area contributed by atoms with Crippen LogP contribution in [0.1, 0.15) is 46.0 Å². The molecule has 0 aromatic rings. The van der Waals surface area contributed by atoms with Crippen molar-refractivity contribution >= 4 is 5.91 Å². The average Bonchev–Trinajstić information content (AvgIpc) is 2.83. The second-order valence-electron chi connectivity index (χ2n) is 5.48. The number of hydrogen-bond acceptors (Lipinski definition) is 1. The van der Waals surface area contributed by atoms with Gasteiger partial charge in [0.1, 0.15) is 0 Å². The van der Waals surface area contributed by atoms with E-state index in [2.05, 4.69) is 18.7 Å². The van der Waals surface area contributed by atoms with Gasteiger partial charge in [-0.3, -0.25) is 4.79 Å². The van der Waals surface area contributed by atoms with Gasteiger partial charge in [-0.15, -0.1) is 0 Å². The van der Waals surface area contributed by atoms with Crippen molar-refractivity contribution in [1.82, 2.24) is 4.90 Å². The molecule has 0 bridgehead atoms. The minimum Gasteiger partial charge on any atom is -0.342 e. The highest BCUT2D eigenvalue weighted by Gasteiger charge is 2.51. The number of carbonyl (C=O) groups excluding carboxylic acids is 1. The number of hydrogen-bond donors (Lipinski definition) is 0. The summed E-state index contributed by atoms with van der Waals surface area (Å²) < 4.78 is 0. The quantitative estimate of drug-likeness (QED) is 0.629. The summed E-state index contributed by atoms with van der Waals surface area (Å²) in [6.07, 6.45) is 6.12. The van der Waals surface area contributed by atoms with Gasteiger partial charge in [-0.25, -0.2) is 0 Å². The van der Waals surface area contributed by atoms with Gasteiger partial charge in [-0.1, -0.05) is 26.7 Å². The summed E-state index contributed by atoms with van der Waals surface area (Å²) in [5.74, 6) is 0.762. The maximum atomic E-state index is 12.1. The van der Waals surface area contributed by atoms with E-state index in [-0.39, 0.29) is 0 Å². The third-order valence-electron chi connectivity index (χ3n) is 3.73. The number of likely N-dealkylation sites (tertiary alicyclic amines) is 1. The highest BCUT2D eigenvalue weighted by Crippen LogP contribution is 2.52. The predicted molar refractivity (Wildman–Crippen MR) is 56.9 cm³/mol. The van der Waals surface area contributed by atoms with Crippen LogP contribution >= 0.6 is 0 Å². The second kappa shape index (κ2) is 3.56. The fourth-order valence-electron chi connectivity index (χ4n) is 2.40. The lowest BCUT2D eigenvalue weighted by molar-refractivity contribution is -0.133. The molecule has 2 fully saturated rings. The molecule has 80 valence electrons. The lowest BCUT2D eigenvalue weighted by Gasteiger charge is -2.21. The van der Waals surface area contributed by atoms with Crippen LogP contribution in [-0.4, -0.2) is 23.9 Å². The molecule has 2 heteroatoms. The molecular formula is C12H21NO. The van der Waals surface area contributed by atoms with Crippen molar-refractivity contribution in [3.05, 3.63) is 0 Å². The maximum Gasteiger partial charge on any atom is 0.226 e. The van der Waals surface area contributed by atoms with Crippen LogP contribution in [0.5, 0.6) is 0 Å². The van der Waals surface area contributed by atoms with Gasteiger partial charge in [0.05, 0.1) is 0 Å². The topological polar surface area (TPSA) is 20.3 Å². The molecule has 1 aliphatic heterocycles. The summed E-state index contributed by atoms with van der Waals surface area (Å²) in [5, 5.41) is 0. The standard InChI is InChI=1S/C12H21NO/c1-12(2)9-10(12)11(14)13-7-5-3-4-6-8-13/h10H,3-9H2,1-2H3. The Morgan fingerprint density at radius 3 is 2.07 bits per heavy atom. The van der Waals surface area contributed by atoms with E-state index in [1.54, 1.807) is 0 Å². The predicted octanol–water partition coefficient (Wildman–Crippen LogP) is 2.44. The molecule has 1 saturated carbocycles. The van der Waals surface area contributed by atoms with Crippen LogP contribution < -0.4 is 0 Å². The molecule has 1 saturated heterocycles. The molecule has 14 heavy (non-hydrogen) atoms. The van der Waals surface area contributed by atoms with Crippen molar-refractivity contribution in [3.63, 3.8) is 0 Å². The molecule has 1 aliphatic carbocycles. The molecule has 0 aromatic heterocycles. The number of rotatable bonds is 1. The Balaban J connectivity index is 1.91. The molecule has 2 rings (SSSR count). The van der Waals surface area contributed by atoms with Gasteiger partial charge in [0.2, 0.25) is 5.91 Å². The summed E-state index contributed by atoms with van der Waals surface area (Å²) in [6, 6.07) is 0. The van der Waals surface area contributed by atoms with E-state index >= 15 is 0 Å². The van der Waals surface area contributed by atoms with Crippen LogP contribution in [0.2, 0.25) is 0 Å². The number of nitrogens with zero attached hydrogens (tertiary/aromatic N) is 1. The summed E-state index contributed by atoms with van der Waals surface area (Å²) in [6.45, 7) is 6.41. The van der Waals surface area contributed by atoms with E-state index in [1.807, 2.05) is 0 Å². The van der Waals surface area contributed by atoms with Gasteiger partial charge in [0.25, 0.3) is 0 Å². The van der Waals surface area contributed by atoms with Gasteiger partial charge in [-0.05, 0) is 24.7 Å². The molecular weight excluding hydrogens is 174 g/mol. The first-order valence-electron chi connectivity index (χ1n) is 5.90. The van der Waals surface area contributed by atoms with E-state index in [1.165, 1.54) is 25.7 Å². The zero-order valence-corrected chi connectivity index (χ0v) is 9.38. The Kier molecular flexibility index (Phi) is 2.54. The van der Waals surface area contributed by atoms with Crippen molar-refractivity contribution in [2.45, 2.75) is 46.0 Å². The van der Waals surface area contributed by atoms with Gasteiger partial charge < -0.3 is 4.90 Å². The first-order chi connectivity index (χ1) is 6.61. The van der Waals surface area contributed by atoms with Crippen molar-refractivity contribution in [3.8, 4) is 0 Å². The molecule has 0 radical (unpaired) electrons. The first kappa shape index (κ1) is 10.0. The van der Waals surface area contributed by atoms with E-state index in [4.69, 9.17) is 0 Å². The fraction of sp³-hybridized carbons (Fsp3) is 0.917. The molecule has 1 heterocycles. The molecule has 1 unspecified atom stereocenters. The fourth-order valence-corrected chi connectivity index (χ4v) is 2.40. The number of carbonyl (C=O) groups is 1. The molecule has 0 spiro atoms. The van der Waals surface area contributed by atoms with Crippen LogP contribution in [0.4, 0.5) is 0 Å². The largest absolute Gasteiger partial charge is 0.342 e.